The van der Waals surface area contributed by atoms with Gasteiger partial charge in [-0.05, 0) is 48.6 Å². The van der Waals surface area contributed by atoms with Crippen LogP contribution in [0.2, 0.25) is 0 Å². The summed E-state index contributed by atoms with van der Waals surface area (Å²) in [5.74, 6) is 1.42. The smallest absolute Gasteiger partial charge is 0.237 e. The first-order chi connectivity index (χ1) is 14.1. The summed E-state index contributed by atoms with van der Waals surface area (Å²) in [5.41, 5.74) is 3.34. The number of aryl methyl sites for hydroxylation is 1. The number of fused-ring (bicyclic) bond motifs is 1. The van der Waals surface area contributed by atoms with Gasteiger partial charge in [0.15, 0.2) is 11.5 Å². The van der Waals surface area contributed by atoms with Crippen molar-refractivity contribution in [2.24, 2.45) is 0 Å². The van der Waals surface area contributed by atoms with E-state index in [9.17, 15) is 4.79 Å². The monoisotopic (exact) mass is 408 g/mol. The number of rotatable bonds is 7. The fraction of sp³-hybridized carbons (Fsp3) is 0.261. The van der Waals surface area contributed by atoms with Crippen molar-refractivity contribution >= 4 is 17.2 Å². The van der Waals surface area contributed by atoms with Crippen molar-refractivity contribution in [1.29, 1.82) is 0 Å². The number of benzene rings is 2. The number of carbonyl (C=O) groups is 1. The molecule has 2 atom stereocenters. The third-order valence-electron chi connectivity index (χ3n) is 4.95. The summed E-state index contributed by atoms with van der Waals surface area (Å²) >= 11 is 1.69. The van der Waals surface area contributed by atoms with E-state index in [1.54, 1.807) is 11.3 Å². The second-order valence-electron chi connectivity index (χ2n) is 7.15. The van der Waals surface area contributed by atoms with Crippen LogP contribution in [0.5, 0.6) is 11.5 Å². The summed E-state index contributed by atoms with van der Waals surface area (Å²) in [5, 5.41) is 8.55. The van der Waals surface area contributed by atoms with Gasteiger partial charge in [-0.15, -0.1) is 11.3 Å². The molecule has 0 fully saturated rings. The molecule has 1 aromatic heterocycles. The number of hydrogen-bond donors (Lipinski definition) is 2. The molecule has 0 saturated carbocycles. The predicted octanol–water partition coefficient (Wildman–Crippen LogP) is 4.17. The van der Waals surface area contributed by atoms with Crippen LogP contribution in [0.15, 0.2) is 60.0 Å². The summed E-state index contributed by atoms with van der Waals surface area (Å²) in [6, 6.07) is 17.9. The third kappa shape index (κ3) is 4.60. The average molecular weight is 409 g/mol. The van der Waals surface area contributed by atoms with Crippen LogP contribution in [-0.4, -0.2) is 18.7 Å². The average Bonchev–Trinajstić information content (AvgIpc) is 3.42. The van der Waals surface area contributed by atoms with Gasteiger partial charge in [0, 0.05) is 11.4 Å². The van der Waals surface area contributed by atoms with Gasteiger partial charge in [-0.1, -0.05) is 42.0 Å². The van der Waals surface area contributed by atoms with E-state index < -0.39 is 0 Å². The highest BCUT2D eigenvalue weighted by atomic mass is 32.1. The maximum Gasteiger partial charge on any atom is 0.237 e. The topological polar surface area (TPSA) is 59.6 Å². The van der Waals surface area contributed by atoms with E-state index in [1.165, 1.54) is 10.4 Å². The number of hydrogen-bond acceptors (Lipinski definition) is 5. The molecule has 2 heterocycles. The molecule has 0 unspecified atom stereocenters. The maximum absolute atomic E-state index is 12.7. The van der Waals surface area contributed by atoms with Gasteiger partial charge in [-0.2, -0.15) is 0 Å². The van der Waals surface area contributed by atoms with E-state index in [0.29, 0.717) is 6.54 Å². The van der Waals surface area contributed by atoms with Gasteiger partial charge < -0.3 is 14.8 Å². The zero-order valence-corrected chi connectivity index (χ0v) is 17.3. The third-order valence-corrected chi connectivity index (χ3v) is 5.89. The highest BCUT2D eigenvalue weighted by Crippen LogP contribution is 2.32. The first-order valence-corrected chi connectivity index (χ1v) is 10.5. The lowest BCUT2D eigenvalue weighted by molar-refractivity contribution is -0.123. The fourth-order valence-electron chi connectivity index (χ4n) is 3.28. The molecule has 1 amide bonds. The molecular weight excluding hydrogens is 384 g/mol. The minimum Gasteiger partial charge on any atom is -0.454 e. The van der Waals surface area contributed by atoms with Crippen LogP contribution in [0, 0.1) is 6.92 Å². The highest BCUT2D eigenvalue weighted by Gasteiger charge is 2.21. The Morgan fingerprint density at radius 3 is 2.66 bits per heavy atom. The number of nitrogens with one attached hydrogen (secondary N) is 2. The van der Waals surface area contributed by atoms with Crippen LogP contribution in [0.25, 0.3) is 0 Å². The zero-order chi connectivity index (χ0) is 20.2. The molecule has 2 aromatic carbocycles. The highest BCUT2D eigenvalue weighted by molar-refractivity contribution is 7.10. The molecule has 0 radical (unpaired) electrons. The molecule has 2 N–H and O–H groups in total. The number of ether oxygens (including phenoxy) is 2. The lowest BCUT2D eigenvalue weighted by atomic mass is 10.0. The Labute approximate surface area is 174 Å². The normalized spacial score (nSPS) is 14.4. The Morgan fingerprint density at radius 2 is 1.90 bits per heavy atom. The molecule has 29 heavy (non-hydrogen) atoms. The molecule has 0 saturated heterocycles. The molecule has 0 aliphatic carbocycles. The Kier molecular flexibility index (Phi) is 5.83. The van der Waals surface area contributed by atoms with Gasteiger partial charge in [-0.3, -0.25) is 10.1 Å². The maximum atomic E-state index is 12.7. The Bertz CT molecular complexity index is 970. The first-order valence-electron chi connectivity index (χ1n) is 9.62. The van der Waals surface area contributed by atoms with E-state index in [1.807, 2.05) is 31.2 Å². The van der Waals surface area contributed by atoms with Crippen molar-refractivity contribution in [3.63, 3.8) is 0 Å². The molecule has 3 aromatic rings. The predicted molar refractivity (Wildman–Crippen MR) is 114 cm³/mol. The van der Waals surface area contributed by atoms with Crippen LogP contribution in [0.1, 0.15) is 34.5 Å². The second-order valence-corrected chi connectivity index (χ2v) is 8.13. The Hall–Kier alpha value is -2.83. The minimum atomic E-state index is -0.350. The largest absolute Gasteiger partial charge is 0.454 e. The molecule has 0 spiro atoms. The molecular formula is C23H24N2O3S. The van der Waals surface area contributed by atoms with Crippen LogP contribution < -0.4 is 20.1 Å². The van der Waals surface area contributed by atoms with E-state index in [4.69, 9.17) is 9.47 Å². The van der Waals surface area contributed by atoms with Gasteiger partial charge in [0.05, 0.1) is 12.1 Å². The quantitative estimate of drug-likeness (QED) is 0.616. The van der Waals surface area contributed by atoms with Crippen molar-refractivity contribution in [2.45, 2.75) is 32.5 Å². The summed E-state index contributed by atoms with van der Waals surface area (Å²) < 4.78 is 10.7. The Morgan fingerprint density at radius 1 is 1.10 bits per heavy atom. The van der Waals surface area contributed by atoms with Gasteiger partial charge >= 0.3 is 0 Å². The Balaban J connectivity index is 1.41. The van der Waals surface area contributed by atoms with Crippen molar-refractivity contribution < 1.29 is 14.3 Å². The van der Waals surface area contributed by atoms with Crippen molar-refractivity contribution in [1.82, 2.24) is 10.6 Å². The van der Waals surface area contributed by atoms with Crippen LogP contribution in [0.3, 0.4) is 0 Å². The van der Waals surface area contributed by atoms with Crippen LogP contribution in [0.4, 0.5) is 0 Å². The number of carbonyl (C=O) groups excluding carboxylic acids is 1. The summed E-state index contributed by atoms with van der Waals surface area (Å²) in [7, 11) is 0. The summed E-state index contributed by atoms with van der Waals surface area (Å²) in [4.78, 5) is 13.9. The molecule has 1 aliphatic rings. The van der Waals surface area contributed by atoms with E-state index in [2.05, 4.69) is 53.3 Å². The van der Waals surface area contributed by atoms with Gasteiger partial charge in [-0.25, -0.2) is 0 Å². The van der Waals surface area contributed by atoms with E-state index in [0.717, 1.165) is 22.6 Å². The molecule has 150 valence electrons. The second kappa shape index (κ2) is 8.68. The van der Waals surface area contributed by atoms with Crippen molar-refractivity contribution in [3.8, 4) is 11.5 Å². The number of thiophene rings is 1. The molecule has 1 aliphatic heterocycles. The first kappa shape index (κ1) is 19.5. The minimum absolute atomic E-state index is 0.0260. The molecule has 6 heteroatoms. The summed E-state index contributed by atoms with van der Waals surface area (Å²) in [6.07, 6.45) is 0. The zero-order valence-electron chi connectivity index (χ0n) is 16.5. The van der Waals surface area contributed by atoms with Crippen LogP contribution >= 0.6 is 11.3 Å². The fourth-order valence-corrected chi connectivity index (χ4v) is 4.09. The van der Waals surface area contributed by atoms with Crippen molar-refractivity contribution in [3.05, 3.63) is 81.5 Å². The summed E-state index contributed by atoms with van der Waals surface area (Å²) in [6.45, 7) is 4.65. The lowest BCUT2D eigenvalue weighted by Gasteiger charge is -2.23. The van der Waals surface area contributed by atoms with Gasteiger partial charge in [0.2, 0.25) is 12.7 Å². The molecule has 4 rings (SSSR count). The van der Waals surface area contributed by atoms with Gasteiger partial charge in [0.25, 0.3) is 0 Å². The van der Waals surface area contributed by atoms with E-state index in [-0.39, 0.29) is 24.8 Å². The number of amides is 1. The standard InChI is InChI=1S/C23H24N2O3S/c1-15-5-8-18(9-6-15)22(21-4-3-11-29-21)25-16(2)23(26)24-13-17-7-10-19-20(12-17)28-14-27-19/h3-12,16,22,25H,13-14H2,1-2H3,(H,24,26)/t16-,22+/m1/s1. The molecule has 0 bridgehead atoms. The van der Waals surface area contributed by atoms with Crippen LogP contribution in [-0.2, 0) is 11.3 Å². The lowest BCUT2D eigenvalue weighted by Crippen LogP contribution is -2.43. The molecule has 5 nitrogen and oxygen atoms in total. The SMILES string of the molecule is Cc1ccc([C@H](N[C@H](C)C(=O)NCc2ccc3c(c2)OCO3)c2cccs2)cc1. The van der Waals surface area contributed by atoms with Gasteiger partial charge in [0.1, 0.15) is 0 Å². The van der Waals surface area contributed by atoms with Crippen molar-refractivity contribution in [2.75, 3.05) is 6.79 Å². The van der Waals surface area contributed by atoms with E-state index >= 15 is 0 Å².